The number of carbonyl (C=O) groups is 1. The number of nitrogens with two attached hydrogens (primary N) is 1. The van der Waals surface area contributed by atoms with Crippen molar-refractivity contribution < 1.29 is 4.79 Å². The molecule has 2 heterocycles. The number of nitrogens with zero attached hydrogens (tertiary/aromatic N) is 2. The van der Waals surface area contributed by atoms with Crippen LogP contribution in [-0.2, 0) is 0 Å². The first kappa shape index (κ1) is 15.6. The van der Waals surface area contributed by atoms with Crippen molar-refractivity contribution in [2.24, 2.45) is 5.73 Å². The molecule has 1 fully saturated rings. The zero-order chi connectivity index (χ0) is 16.2. The van der Waals surface area contributed by atoms with Gasteiger partial charge in [0.2, 0.25) is 0 Å². The molecule has 1 aliphatic rings. The highest BCUT2D eigenvalue weighted by molar-refractivity contribution is 6.30. The van der Waals surface area contributed by atoms with Gasteiger partial charge in [-0.2, -0.15) is 0 Å². The highest BCUT2D eigenvalue weighted by Crippen LogP contribution is 2.23. The summed E-state index contributed by atoms with van der Waals surface area (Å²) < 4.78 is 0. The van der Waals surface area contributed by atoms with Crippen LogP contribution in [-0.4, -0.2) is 30.0 Å². The highest BCUT2D eigenvalue weighted by atomic mass is 35.5. The molecule has 1 saturated heterocycles. The van der Waals surface area contributed by atoms with E-state index in [0.29, 0.717) is 6.04 Å². The second kappa shape index (κ2) is 6.87. The van der Waals surface area contributed by atoms with Crippen LogP contribution in [0.5, 0.6) is 0 Å². The van der Waals surface area contributed by atoms with Gasteiger partial charge in [0.05, 0.1) is 11.9 Å². The number of aromatic nitrogens is 1. The summed E-state index contributed by atoms with van der Waals surface area (Å²) in [4.78, 5) is 17.4. The lowest BCUT2D eigenvalue weighted by Crippen LogP contribution is -2.39. The quantitative estimate of drug-likeness (QED) is 0.904. The van der Waals surface area contributed by atoms with Gasteiger partial charge in [-0.15, -0.1) is 0 Å². The van der Waals surface area contributed by atoms with Gasteiger partial charge in [0.15, 0.2) is 0 Å². The summed E-state index contributed by atoms with van der Waals surface area (Å²) >= 11 is 5.93. The fraction of sp³-hybridized carbons (Fsp3) is 0.294. The Balaban J connectivity index is 1.54. The van der Waals surface area contributed by atoms with Crippen LogP contribution in [0, 0.1) is 0 Å². The smallest absolute Gasteiger partial charge is 0.267 e. The molecule has 0 spiro atoms. The maximum Gasteiger partial charge on any atom is 0.267 e. The highest BCUT2D eigenvalue weighted by Gasteiger charge is 2.19. The number of amides is 1. The van der Waals surface area contributed by atoms with E-state index in [4.69, 9.17) is 17.3 Å². The van der Waals surface area contributed by atoms with Crippen molar-refractivity contribution in [2.75, 3.05) is 23.3 Å². The standard InChI is InChI=1S/C17H19ClN4O/c18-12-1-4-15(5-2-12)22-9-7-13(8-10-22)21-14-3-6-16(17(19)23)20-11-14/h1-6,11,13,21H,7-10H2,(H2,19,23). The number of anilines is 2. The molecule has 23 heavy (non-hydrogen) atoms. The monoisotopic (exact) mass is 330 g/mol. The Kier molecular flexibility index (Phi) is 4.67. The van der Waals surface area contributed by atoms with E-state index in [2.05, 4.69) is 27.3 Å². The predicted molar refractivity (Wildman–Crippen MR) is 93.1 cm³/mol. The number of nitrogens with one attached hydrogen (secondary N) is 1. The lowest BCUT2D eigenvalue weighted by molar-refractivity contribution is 0.0995. The molecule has 1 aliphatic heterocycles. The van der Waals surface area contributed by atoms with Crippen molar-refractivity contribution in [3.8, 4) is 0 Å². The molecule has 0 bridgehead atoms. The van der Waals surface area contributed by atoms with Gasteiger partial charge in [0, 0.05) is 29.8 Å². The van der Waals surface area contributed by atoms with Gasteiger partial charge >= 0.3 is 0 Å². The summed E-state index contributed by atoms with van der Waals surface area (Å²) in [5.74, 6) is -0.507. The van der Waals surface area contributed by atoms with Crippen molar-refractivity contribution in [1.29, 1.82) is 0 Å². The van der Waals surface area contributed by atoms with E-state index < -0.39 is 5.91 Å². The molecular formula is C17H19ClN4O. The molecule has 1 amide bonds. The topological polar surface area (TPSA) is 71.2 Å². The fourth-order valence-corrected chi connectivity index (χ4v) is 2.92. The SMILES string of the molecule is NC(=O)c1ccc(NC2CCN(c3ccc(Cl)cc3)CC2)cn1. The summed E-state index contributed by atoms with van der Waals surface area (Å²) in [5.41, 5.74) is 7.60. The molecule has 5 nitrogen and oxygen atoms in total. The van der Waals surface area contributed by atoms with Gasteiger partial charge in [-0.3, -0.25) is 4.79 Å². The molecule has 0 radical (unpaired) electrons. The minimum atomic E-state index is -0.507. The Morgan fingerprint density at radius 3 is 2.43 bits per heavy atom. The lowest BCUT2D eigenvalue weighted by atomic mass is 10.0. The van der Waals surface area contributed by atoms with Crippen LogP contribution < -0.4 is 16.0 Å². The van der Waals surface area contributed by atoms with Gasteiger partial charge in [0.1, 0.15) is 5.69 Å². The molecule has 0 atom stereocenters. The number of benzene rings is 1. The van der Waals surface area contributed by atoms with Crippen molar-refractivity contribution in [3.63, 3.8) is 0 Å². The van der Waals surface area contributed by atoms with Crippen LogP contribution in [0.2, 0.25) is 5.02 Å². The van der Waals surface area contributed by atoms with Gasteiger partial charge in [-0.25, -0.2) is 4.98 Å². The largest absolute Gasteiger partial charge is 0.381 e. The fourth-order valence-electron chi connectivity index (χ4n) is 2.79. The Morgan fingerprint density at radius 2 is 1.87 bits per heavy atom. The first-order valence-corrected chi connectivity index (χ1v) is 8.02. The van der Waals surface area contributed by atoms with Crippen LogP contribution in [0.25, 0.3) is 0 Å². The third kappa shape index (κ3) is 3.93. The molecule has 3 N–H and O–H groups in total. The normalized spacial score (nSPS) is 15.4. The molecule has 1 aromatic carbocycles. The minimum absolute atomic E-state index is 0.285. The second-order valence-electron chi connectivity index (χ2n) is 5.68. The van der Waals surface area contributed by atoms with E-state index in [1.165, 1.54) is 5.69 Å². The zero-order valence-corrected chi connectivity index (χ0v) is 13.5. The van der Waals surface area contributed by atoms with Crippen LogP contribution in [0.1, 0.15) is 23.3 Å². The average molecular weight is 331 g/mol. The number of hydrogen-bond donors (Lipinski definition) is 2. The first-order valence-electron chi connectivity index (χ1n) is 7.65. The van der Waals surface area contributed by atoms with Gasteiger partial charge in [0.25, 0.3) is 5.91 Å². The maximum atomic E-state index is 11.0. The number of carbonyl (C=O) groups excluding carboxylic acids is 1. The van der Waals surface area contributed by atoms with Crippen molar-refractivity contribution >= 4 is 28.9 Å². The van der Waals surface area contributed by atoms with E-state index in [-0.39, 0.29) is 5.69 Å². The van der Waals surface area contributed by atoms with Crippen LogP contribution in [0.4, 0.5) is 11.4 Å². The number of hydrogen-bond acceptors (Lipinski definition) is 4. The predicted octanol–water partition coefficient (Wildman–Crippen LogP) is 2.91. The van der Waals surface area contributed by atoms with E-state index >= 15 is 0 Å². The van der Waals surface area contributed by atoms with Crippen LogP contribution in [0.15, 0.2) is 42.6 Å². The van der Waals surface area contributed by atoms with Crippen LogP contribution in [0.3, 0.4) is 0 Å². The first-order chi connectivity index (χ1) is 11.1. The Hall–Kier alpha value is -2.27. The Morgan fingerprint density at radius 1 is 1.17 bits per heavy atom. The summed E-state index contributed by atoms with van der Waals surface area (Å²) in [7, 11) is 0. The molecule has 0 aliphatic carbocycles. The van der Waals surface area contributed by atoms with E-state index in [0.717, 1.165) is 36.6 Å². The zero-order valence-electron chi connectivity index (χ0n) is 12.7. The number of halogens is 1. The molecule has 0 unspecified atom stereocenters. The minimum Gasteiger partial charge on any atom is -0.381 e. The average Bonchev–Trinajstić information content (AvgIpc) is 2.57. The molecule has 6 heteroatoms. The Bertz CT molecular complexity index is 664. The van der Waals surface area contributed by atoms with Crippen molar-refractivity contribution in [2.45, 2.75) is 18.9 Å². The van der Waals surface area contributed by atoms with Crippen LogP contribution >= 0.6 is 11.6 Å². The van der Waals surface area contributed by atoms with E-state index in [1.54, 1.807) is 12.3 Å². The molecule has 3 rings (SSSR count). The van der Waals surface area contributed by atoms with Gasteiger partial charge in [-0.1, -0.05) is 11.6 Å². The maximum absolute atomic E-state index is 11.0. The van der Waals surface area contributed by atoms with Gasteiger partial charge in [-0.05, 0) is 49.2 Å². The third-order valence-electron chi connectivity index (χ3n) is 4.07. The molecule has 1 aromatic heterocycles. The molecule has 2 aromatic rings. The van der Waals surface area contributed by atoms with E-state index in [9.17, 15) is 4.79 Å². The lowest BCUT2D eigenvalue weighted by Gasteiger charge is -2.34. The third-order valence-corrected chi connectivity index (χ3v) is 4.33. The summed E-state index contributed by atoms with van der Waals surface area (Å²) in [6, 6.07) is 11.9. The van der Waals surface area contributed by atoms with Crippen molar-refractivity contribution in [3.05, 3.63) is 53.3 Å². The summed E-state index contributed by atoms with van der Waals surface area (Å²) in [6.07, 6.45) is 3.74. The Labute approximate surface area is 140 Å². The number of piperidine rings is 1. The summed E-state index contributed by atoms with van der Waals surface area (Å²) in [6.45, 7) is 1.98. The molecule has 0 saturated carbocycles. The second-order valence-corrected chi connectivity index (χ2v) is 6.11. The van der Waals surface area contributed by atoms with Gasteiger partial charge < -0.3 is 16.0 Å². The number of primary amides is 1. The summed E-state index contributed by atoms with van der Waals surface area (Å²) in [5, 5.41) is 4.23. The van der Waals surface area contributed by atoms with E-state index in [1.807, 2.05) is 18.2 Å². The molecule has 120 valence electrons. The molecular weight excluding hydrogens is 312 g/mol. The number of rotatable bonds is 4. The van der Waals surface area contributed by atoms with Crippen molar-refractivity contribution in [1.82, 2.24) is 4.98 Å². The number of pyridine rings is 1.